The second-order valence-corrected chi connectivity index (χ2v) is 6.22. The van der Waals surface area contributed by atoms with E-state index in [-0.39, 0.29) is 29.6 Å². The van der Waals surface area contributed by atoms with E-state index < -0.39 is 36.2 Å². The van der Waals surface area contributed by atoms with Crippen LogP contribution in [-0.2, 0) is 19.1 Å². The summed E-state index contributed by atoms with van der Waals surface area (Å²) < 4.78 is 9.45. The summed E-state index contributed by atoms with van der Waals surface area (Å²) >= 11 is 2.92. The molecule has 4 amide bonds. The fourth-order valence-electron chi connectivity index (χ4n) is 2.00. The number of imide groups is 2. The molecule has 2 aromatic heterocycles. The topological polar surface area (TPSA) is 111 Å². The first kappa shape index (κ1) is 19.6. The number of carbonyl (C=O) groups is 4. The van der Waals surface area contributed by atoms with Gasteiger partial charge in [0.15, 0.2) is 0 Å². The minimum atomic E-state index is -0.747. The molecule has 0 saturated carbocycles. The Kier molecular flexibility index (Phi) is 6.73. The summed E-state index contributed by atoms with van der Waals surface area (Å²) in [5.74, 6) is -0.781. The summed E-state index contributed by atoms with van der Waals surface area (Å²) in [5, 5.41) is 11.3. The number of cyclic esters (lactones) is 2. The first-order valence-corrected chi connectivity index (χ1v) is 8.50. The van der Waals surface area contributed by atoms with Gasteiger partial charge in [0.2, 0.25) is 12.2 Å². The van der Waals surface area contributed by atoms with Gasteiger partial charge in [0.05, 0.1) is 0 Å². The van der Waals surface area contributed by atoms with E-state index in [2.05, 4.69) is 10.6 Å². The van der Waals surface area contributed by atoms with Crippen LogP contribution in [0.5, 0.6) is 0 Å². The molecule has 2 saturated heterocycles. The zero-order chi connectivity index (χ0) is 17.1. The molecular weight excluding hydrogens is 379 g/mol. The molecule has 2 aromatic rings. The Bertz CT molecular complexity index is 711. The van der Waals surface area contributed by atoms with Crippen LogP contribution >= 0.6 is 22.7 Å². The van der Waals surface area contributed by atoms with Crippen LogP contribution in [0.3, 0.4) is 0 Å². The Morgan fingerprint density at radius 1 is 0.760 bits per heavy atom. The van der Waals surface area contributed by atoms with Crippen LogP contribution in [-0.4, -0.2) is 53.6 Å². The van der Waals surface area contributed by atoms with Crippen LogP contribution in [0.1, 0.15) is 23.3 Å². The van der Waals surface area contributed by atoms with Crippen molar-refractivity contribution in [3.05, 3.63) is 44.8 Å². The molecule has 2 aliphatic rings. The maximum Gasteiger partial charge on any atom is 0.415 e. The number of thiophene rings is 2. The Labute approximate surface area is 171 Å². The largest absolute Gasteiger partial charge is 0.431 e. The molecular formula is C14H10N2NaO6S2. The predicted molar refractivity (Wildman–Crippen MR) is 89.1 cm³/mol. The molecule has 0 bridgehead atoms. The molecule has 4 heterocycles. The van der Waals surface area contributed by atoms with Crippen molar-refractivity contribution in [3.8, 4) is 0 Å². The Morgan fingerprint density at radius 2 is 1.16 bits per heavy atom. The van der Waals surface area contributed by atoms with Gasteiger partial charge < -0.3 is 9.47 Å². The average Bonchev–Trinajstić information content (AvgIpc) is 3.29. The summed E-state index contributed by atoms with van der Waals surface area (Å²) in [6, 6.07) is 3.51. The van der Waals surface area contributed by atoms with Crippen molar-refractivity contribution in [2.75, 3.05) is 0 Å². The molecule has 2 N–H and O–H groups in total. The number of hydrogen-bond donors (Lipinski definition) is 2. The monoisotopic (exact) mass is 389 g/mol. The van der Waals surface area contributed by atoms with E-state index in [4.69, 9.17) is 9.47 Å². The number of hydrogen-bond acceptors (Lipinski definition) is 8. The van der Waals surface area contributed by atoms with E-state index in [1.165, 1.54) is 22.7 Å². The van der Waals surface area contributed by atoms with Gasteiger partial charge in [-0.05, 0) is 33.7 Å². The minimum Gasteiger partial charge on any atom is -0.431 e. The van der Waals surface area contributed by atoms with Crippen LogP contribution < -0.4 is 10.6 Å². The van der Waals surface area contributed by atoms with Gasteiger partial charge in [0, 0.05) is 40.7 Å². The third kappa shape index (κ3) is 4.67. The van der Waals surface area contributed by atoms with E-state index in [1.54, 1.807) is 22.9 Å². The number of ether oxygens (including phenoxy) is 2. The summed E-state index contributed by atoms with van der Waals surface area (Å²) in [7, 11) is 0. The van der Waals surface area contributed by atoms with Crippen molar-refractivity contribution in [2.24, 2.45) is 0 Å². The van der Waals surface area contributed by atoms with Gasteiger partial charge in [0.25, 0.3) is 11.8 Å². The smallest absolute Gasteiger partial charge is 0.415 e. The van der Waals surface area contributed by atoms with Crippen LogP contribution in [0.15, 0.2) is 33.7 Å². The average molecular weight is 389 g/mol. The van der Waals surface area contributed by atoms with Crippen molar-refractivity contribution in [3.63, 3.8) is 0 Å². The minimum absolute atomic E-state index is 0. The number of nitrogens with one attached hydrogen (secondary N) is 2. The van der Waals surface area contributed by atoms with E-state index in [0.717, 1.165) is 11.1 Å². The second-order valence-electron chi connectivity index (χ2n) is 4.66. The van der Waals surface area contributed by atoms with Gasteiger partial charge in [-0.1, -0.05) is 0 Å². The Hall–Kier alpha value is -1.72. The standard InChI is InChI=1S/2C7H5NO3S.Na/c2*9-6-5(11-7(10)8-6)4-1-2-12-3-4;/h2*1-3,5H,(H,8,9,10);. The fourth-order valence-corrected chi connectivity index (χ4v) is 3.35. The van der Waals surface area contributed by atoms with Crippen LogP contribution in [0.4, 0.5) is 9.59 Å². The molecule has 4 rings (SSSR count). The van der Waals surface area contributed by atoms with Gasteiger partial charge >= 0.3 is 12.2 Å². The maximum absolute atomic E-state index is 11.0. The normalized spacial score (nSPS) is 21.3. The molecule has 2 unspecified atom stereocenters. The third-order valence-electron chi connectivity index (χ3n) is 3.07. The zero-order valence-corrected chi connectivity index (χ0v) is 16.5. The van der Waals surface area contributed by atoms with Crippen molar-refractivity contribution in [1.82, 2.24) is 10.6 Å². The van der Waals surface area contributed by atoms with Gasteiger partial charge in [-0.3, -0.25) is 20.2 Å². The van der Waals surface area contributed by atoms with Gasteiger partial charge in [-0.15, -0.1) is 0 Å². The predicted octanol–water partition coefficient (Wildman–Crippen LogP) is 1.73. The third-order valence-corrected chi connectivity index (χ3v) is 4.47. The Balaban J connectivity index is 0.000000173. The second kappa shape index (κ2) is 8.59. The summed E-state index contributed by atoms with van der Waals surface area (Å²) in [5.41, 5.74) is 1.45. The summed E-state index contributed by atoms with van der Waals surface area (Å²) in [6.45, 7) is 0. The van der Waals surface area contributed by atoms with Gasteiger partial charge in [-0.25, -0.2) is 9.59 Å². The quantitative estimate of drug-likeness (QED) is 0.757. The summed E-state index contributed by atoms with van der Waals surface area (Å²) in [6.07, 6.45) is -2.83. The number of alkyl carbamates (subject to hydrolysis) is 2. The van der Waals surface area contributed by atoms with Crippen molar-refractivity contribution >= 4 is 76.2 Å². The first-order valence-electron chi connectivity index (χ1n) is 6.62. The van der Waals surface area contributed by atoms with E-state index >= 15 is 0 Å². The molecule has 25 heavy (non-hydrogen) atoms. The van der Waals surface area contributed by atoms with Crippen LogP contribution in [0, 0.1) is 0 Å². The zero-order valence-electron chi connectivity index (χ0n) is 12.9. The Morgan fingerprint density at radius 3 is 1.40 bits per heavy atom. The SMILES string of the molecule is O=C1NC(=O)C(c2ccsc2)O1.O=C1NC(=O)C(c2ccsc2)O1.[Na]. The van der Waals surface area contributed by atoms with Crippen LogP contribution in [0.25, 0.3) is 0 Å². The number of carbonyl (C=O) groups excluding carboxylic acids is 4. The van der Waals surface area contributed by atoms with Gasteiger partial charge in [-0.2, -0.15) is 22.7 Å². The molecule has 0 aromatic carbocycles. The van der Waals surface area contributed by atoms with Crippen molar-refractivity contribution in [2.45, 2.75) is 12.2 Å². The molecule has 0 spiro atoms. The molecule has 11 heteroatoms. The maximum atomic E-state index is 11.0. The summed E-state index contributed by atoms with van der Waals surface area (Å²) in [4.78, 5) is 43.3. The van der Waals surface area contributed by atoms with E-state index in [9.17, 15) is 19.2 Å². The van der Waals surface area contributed by atoms with E-state index in [1.807, 2.05) is 10.8 Å². The number of amides is 4. The van der Waals surface area contributed by atoms with Crippen molar-refractivity contribution < 1.29 is 28.7 Å². The molecule has 2 aliphatic heterocycles. The molecule has 1 radical (unpaired) electrons. The van der Waals surface area contributed by atoms with Gasteiger partial charge in [0.1, 0.15) is 0 Å². The molecule has 125 valence electrons. The van der Waals surface area contributed by atoms with E-state index in [0.29, 0.717) is 0 Å². The number of rotatable bonds is 2. The fraction of sp³-hybridized carbons (Fsp3) is 0.143. The molecule has 2 atom stereocenters. The molecule has 0 aliphatic carbocycles. The van der Waals surface area contributed by atoms with Crippen LogP contribution in [0.2, 0.25) is 0 Å². The first-order chi connectivity index (χ1) is 11.5. The molecule has 8 nitrogen and oxygen atoms in total. The van der Waals surface area contributed by atoms with Crippen molar-refractivity contribution in [1.29, 1.82) is 0 Å². The molecule has 2 fully saturated rings.